The predicted octanol–water partition coefficient (Wildman–Crippen LogP) is 3.79. The van der Waals surface area contributed by atoms with Crippen LogP contribution in [0.3, 0.4) is 0 Å². The number of hydrogen-bond donors (Lipinski definition) is 1. The highest BCUT2D eigenvalue weighted by Crippen LogP contribution is 2.36. The lowest BCUT2D eigenvalue weighted by Crippen LogP contribution is -2.32. The van der Waals surface area contributed by atoms with Crippen molar-refractivity contribution in [3.05, 3.63) is 70.6 Å². The molecule has 1 N–H and O–H groups in total. The molecule has 6 nitrogen and oxygen atoms in total. The third-order valence-electron chi connectivity index (χ3n) is 4.77. The molecular weight excluding hydrogens is 410 g/mol. The molecule has 30 heavy (non-hydrogen) atoms. The van der Waals surface area contributed by atoms with Gasteiger partial charge < -0.3 is 5.32 Å². The van der Waals surface area contributed by atoms with Crippen molar-refractivity contribution >= 4 is 17.7 Å². The summed E-state index contributed by atoms with van der Waals surface area (Å²) in [5, 5.41) is 7.18. The third-order valence-corrected chi connectivity index (χ3v) is 5.56. The summed E-state index contributed by atoms with van der Waals surface area (Å²) in [7, 11) is 0. The van der Waals surface area contributed by atoms with Crippen LogP contribution in [-0.2, 0) is 6.54 Å². The van der Waals surface area contributed by atoms with E-state index in [1.807, 2.05) is 30.3 Å². The number of thioether (sulfide) groups is 1. The van der Waals surface area contributed by atoms with Crippen molar-refractivity contribution in [3.8, 4) is 11.4 Å². The minimum atomic E-state index is -2.61. The Bertz CT molecular complexity index is 1090. The topological polar surface area (TPSA) is 68.9 Å². The van der Waals surface area contributed by atoms with E-state index in [1.54, 1.807) is 16.7 Å². The minimum Gasteiger partial charge on any atom is -0.350 e. The van der Waals surface area contributed by atoms with E-state index < -0.39 is 11.7 Å². The average molecular weight is 430 g/mol. The van der Waals surface area contributed by atoms with Crippen LogP contribution in [0.15, 0.2) is 64.3 Å². The highest BCUT2D eigenvalue weighted by molar-refractivity contribution is 7.99. The van der Waals surface area contributed by atoms with Gasteiger partial charge in [-0.3, -0.25) is 9.36 Å². The van der Waals surface area contributed by atoms with Gasteiger partial charge in [-0.05, 0) is 25.0 Å². The van der Waals surface area contributed by atoms with Crippen LogP contribution in [0.5, 0.6) is 0 Å². The number of aromatic nitrogens is 3. The molecule has 0 aliphatic heterocycles. The first-order valence-corrected chi connectivity index (χ1v) is 10.5. The molecule has 9 heteroatoms. The fraction of sp³-hybridized carbons (Fsp3) is 0.286. The standard InChI is InChI=1S/C21H20F2N4O2S/c22-20(23)30-17-9-5-4-8-16(17)19(28)24-12-13-26-21(29)27(15-10-11-15)18(25-26)14-6-2-1-3-7-14/h1-9,15,20H,10-13H2,(H,24,28). The lowest BCUT2D eigenvalue weighted by molar-refractivity contribution is 0.0949. The van der Waals surface area contributed by atoms with Crippen molar-refractivity contribution < 1.29 is 13.6 Å². The molecular formula is C21H20F2N4O2S. The quantitative estimate of drug-likeness (QED) is 0.552. The van der Waals surface area contributed by atoms with Gasteiger partial charge in [0.25, 0.3) is 11.7 Å². The molecule has 0 atom stereocenters. The zero-order valence-electron chi connectivity index (χ0n) is 16.0. The van der Waals surface area contributed by atoms with Gasteiger partial charge in [-0.25, -0.2) is 9.48 Å². The number of hydrogen-bond acceptors (Lipinski definition) is 4. The molecule has 1 amide bonds. The number of benzene rings is 2. The van der Waals surface area contributed by atoms with Crippen LogP contribution in [0.1, 0.15) is 29.2 Å². The molecule has 1 aliphatic rings. The Morgan fingerprint density at radius 1 is 1.13 bits per heavy atom. The van der Waals surface area contributed by atoms with E-state index in [1.165, 1.54) is 16.8 Å². The average Bonchev–Trinajstić information content (AvgIpc) is 3.52. The van der Waals surface area contributed by atoms with Gasteiger partial charge in [0.15, 0.2) is 5.82 Å². The van der Waals surface area contributed by atoms with Crippen LogP contribution in [0.25, 0.3) is 11.4 Å². The Labute approximate surface area is 175 Å². The van der Waals surface area contributed by atoms with Gasteiger partial charge >= 0.3 is 5.69 Å². The molecule has 1 saturated carbocycles. The normalized spacial score (nSPS) is 13.6. The van der Waals surface area contributed by atoms with Gasteiger partial charge in [-0.1, -0.05) is 54.2 Å². The summed E-state index contributed by atoms with van der Waals surface area (Å²) in [4.78, 5) is 25.5. The SMILES string of the molecule is O=C(NCCn1nc(-c2ccccc2)n(C2CC2)c1=O)c1ccccc1SC(F)F. The van der Waals surface area contributed by atoms with Crippen LogP contribution >= 0.6 is 11.8 Å². The summed E-state index contributed by atoms with van der Waals surface area (Å²) in [5.41, 5.74) is 0.838. The fourth-order valence-corrected chi connectivity index (χ4v) is 3.87. The van der Waals surface area contributed by atoms with E-state index in [0.717, 1.165) is 18.4 Å². The lowest BCUT2D eigenvalue weighted by atomic mass is 10.2. The smallest absolute Gasteiger partial charge is 0.346 e. The molecule has 3 aromatic rings. The summed E-state index contributed by atoms with van der Waals surface area (Å²) >= 11 is 0.334. The Morgan fingerprint density at radius 3 is 2.53 bits per heavy atom. The van der Waals surface area contributed by atoms with Crippen LogP contribution in [0.2, 0.25) is 0 Å². The highest BCUT2D eigenvalue weighted by Gasteiger charge is 2.30. The molecule has 0 bridgehead atoms. The van der Waals surface area contributed by atoms with Crippen molar-refractivity contribution in [2.24, 2.45) is 0 Å². The van der Waals surface area contributed by atoms with Crippen molar-refractivity contribution in [2.75, 3.05) is 6.54 Å². The predicted molar refractivity (Wildman–Crippen MR) is 111 cm³/mol. The summed E-state index contributed by atoms with van der Waals surface area (Å²) in [6.07, 6.45) is 1.89. The molecule has 1 heterocycles. The molecule has 0 unspecified atom stereocenters. The van der Waals surface area contributed by atoms with E-state index in [-0.39, 0.29) is 35.3 Å². The Morgan fingerprint density at radius 2 is 1.83 bits per heavy atom. The van der Waals surface area contributed by atoms with E-state index >= 15 is 0 Å². The summed E-state index contributed by atoms with van der Waals surface area (Å²) in [6, 6.07) is 15.9. The van der Waals surface area contributed by atoms with Crippen LogP contribution in [-0.4, -0.2) is 32.6 Å². The number of amides is 1. The second-order valence-electron chi connectivity index (χ2n) is 6.93. The summed E-state index contributed by atoms with van der Waals surface area (Å²) in [5.74, 6) is -2.45. The monoisotopic (exact) mass is 430 g/mol. The zero-order valence-corrected chi connectivity index (χ0v) is 16.8. The molecule has 1 aromatic heterocycles. The Hall–Kier alpha value is -2.94. The van der Waals surface area contributed by atoms with Crippen molar-refractivity contribution in [2.45, 2.75) is 36.1 Å². The number of carbonyl (C=O) groups excluding carboxylic acids is 1. The van der Waals surface area contributed by atoms with E-state index in [2.05, 4.69) is 10.4 Å². The summed E-state index contributed by atoms with van der Waals surface area (Å²) in [6.45, 7) is 0.344. The van der Waals surface area contributed by atoms with E-state index in [9.17, 15) is 18.4 Å². The molecule has 0 saturated heterocycles. The molecule has 1 fully saturated rings. The maximum atomic E-state index is 12.8. The maximum absolute atomic E-state index is 12.8. The molecule has 1 aliphatic carbocycles. The van der Waals surface area contributed by atoms with Gasteiger partial charge in [-0.15, -0.1) is 5.10 Å². The number of alkyl halides is 2. The first-order valence-electron chi connectivity index (χ1n) is 9.61. The number of nitrogens with one attached hydrogen (secondary N) is 1. The third kappa shape index (κ3) is 4.46. The van der Waals surface area contributed by atoms with Gasteiger partial charge in [0, 0.05) is 23.0 Å². The molecule has 2 aromatic carbocycles. The van der Waals surface area contributed by atoms with Gasteiger partial charge in [0.05, 0.1) is 12.1 Å². The van der Waals surface area contributed by atoms with Gasteiger partial charge in [0.1, 0.15) is 0 Å². The molecule has 4 rings (SSSR count). The maximum Gasteiger partial charge on any atom is 0.346 e. The Kier molecular flexibility index (Phi) is 5.98. The lowest BCUT2D eigenvalue weighted by Gasteiger charge is -2.09. The molecule has 0 spiro atoms. The van der Waals surface area contributed by atoms with E-state index in [0.29, 0.717) is 17.6 Å². The number of rotatable bonds is 8. The second kappa shape index (κ2) is 8.83. The van der Waals surface area contributed by atoms with E-state index in [4.69, 9.17) is 0 Å². The minimum absolute atomic E-state index is 0.155. The number of nitrogens with zero attached hydrogens (tertiary/aromatic N) is 3. The van der Waals surface area contributed by atoms with Crippen LogP contribution < -0.4 is 11.0 Å². The van der Waals surface area contributed by atoms with Gasteiger partial charge in [0.2, 0.25) is 0 Å². The first kappa shape index (κ1) is 20.3. The largest absolute Gasteiger partial charge is 0.350 e. The van der Waals surface area contributed by atoms with Crippen molar-refractivity contribution in [3.63, 3.8) is 0 Å². The second-order valence-corrected chi connectivity index (χ2v) is 7.96. The van der Waals surface area contributed by atoms with Crippen LogP contribution in [0, 0.1) is 0 Å². The number of carbonyl (C=O) groups is 1. The highest BCUT2D eigenvalue weighted by atomic mass is 32.2. The van der Waals surface area contributed by atoms with Crippen LogP contribution in [0.4, 0.5) is 8.78 Å². The molecule has 156 valence electrons. The fourth-order valence-electron chi connectivity index (χ4n) is 3.24. The van der Waals surface area contributed by atoms with Crippen molar-refractivity contribution in [1.82, 2.24) is 19.7 Å². The first-order chi connectivity index (χ1) is 14.5. The molecule has 0 radical (unpaired) electrons. The number of halogens is 2. The Balaban J connectivity index is 1.48. The zero-order chi connectivity index (χ0) is 21.1. The summed E-state index contributed by atoms with van der Waals surface area (Å²) < 4.78 is 28.5. The van der Waals surface area contributed by atoms with Gasteiger partial charge in [-0.2, -0.15) is 8.78 Å². The van der Waals surface area contributed by atoms with Crippen molar-refractivity contribution in [1.29, 1.82) is 0 Å².